The van der Waals surface area contributed by atoms with Gasteiger partial charge in [-0.3, -0.25) is 4.79 Å². The molecule has 1 fully saturated rings. The van der Waals surface area contributed by atoms with Gasteiger partial charge < -0.3 is 10.1 Å². The Balaban J connectivity index is 2.28. The normalized spacial score (nSPS) is 23.9. The zero-order chi connectivity index (χ0) is 13.9. The predicted octanol–water partition coefficient (Wildman–Crippen LogP) is 3.02. The third-order valence-corrected chi connectivity index (χ3v) is 3.86. The van der Waals surface area contributed by atoms with Gasteiger partial charge in [0, 0.05) is 6.54 Å². The van der Waals surface area contributed by atoms with E-state index in [2.05, 4.69) is 27.9 Å². The van der Waals surface area contributed by atoms with E-state index in [1.807, 2.05) is 44.2 Å². The van der Waals surface area contributed by atoms with Crippen molar-refractivity contribution in [3.8, 4) is 0 Å². The molecule has 0 radical (unpaired) electrons. The SMILES string of the molecule is CC(C)(I)C(=O)OC1(c2ccccc2)CCCNC1. The van der Waals surface area contributed by atoms with Gasteiger partial charge in [0.2, 0.25) is 0 Å². The van der Waals surface area contributed by atoms with Crippen LogP contribution in [0.25, 0.3) is 0 Å². The summed E-state index contributed by atoms with van der Waals surface area (Å²) in [6.45, 7) is 5.44. The van der Waals surface area contributed by atoms with E-state index in [1.54, 1.807) is 0 Å². The summed E-state index contributed by atoms with van der Waals surface area (Å²) in [5, 5.41) is 3.35. The van der Waals surface area contributed by atoms with Crippen molar-refractivity contribution in [1.82, 2.24) is 5.32 Å². The molecule has 1 aromatic carbocycles. The van der Waals surface area contributed by atoms with Crippen molar-refractivity contribution in [2.45, 2.75) is 35.7 Å². The maximum absolute atomic E-state index is 12.3. The fraction of sp³-hybridized carbons (Fsp3) is 0.533. The Morgan fingerprint density at radius 3 is 2.58 bits per heavy atom. The smallest absolute Gasteiger partial charge is 0.322 e. The molecule has 4 heteroatoms. The third-order valence-electron chi connectivity index (χ3n) is 3.42. The van der Waals surface area contributed by atoms with Crippen molar-refractivity contribution in [3.63, 3.8) is 0 Å². The summed E-state index contributed by atoms with van der Waals surface area (Å²) in [6.07, 6.45) is 1.90. The minimum atomic E-state index is -0.515. The van der Waals surface area contributed by atoms with Crippen LogP contribution in [-0.2, 0) is 15.1 Å². The van der Waals surface area contributed by atoms with Gasteiger partial charge in [-0.1, -0.05) is 52.9 Å². The lowest BCUT2D eigenvalue weighted by molar-refractivity contribution is -0.164. The summed E-state index contributed by atoms with van der Waals surface area (Å²) in [5.41, 5.74) is 0.565. The van der Waals surface area contributed by atoms with Crippen LogP contribution in [0.3, 0.4) is 0 Å². The van der Waals surface area contributed by atoms with E-state index in [9.17, 15) is 4.79 Å². The quantitative estimate of drug-likeness (QED) is 0.503. The third kappa shape index (κ3) is 3.48. The van der Waals surface area contributed by atoms with E-state index in [1.165, 1.54) is 0 Å². The largest absolute Gasteiger partial charge is 0.452 e. The number of esters is 1. The highest BCUT2D eigenvalue weighted by molar-refractivity contribution is 14.1. The lowest BCUT2D eigenvalue weighted by Gasteiger charge is -2.39. The minimum absolute atomic E-state index is 0.152. The summed E-state index contributed by atoms with van der Waals surface area (Å²) >= 11 is 2.13. The molecule has 1 aliphatic rings. The van der Waals surface area contributed by atoms with Crippen LogP contribution in [0.1, 0.15) is 32.3 Å². The maximum Gasteiger partial charge on any atom is 0.322 e. The Kier molecular flexibility index (Phi) is 4.50. The second-order valence-electron chi connectivity index (χ2n) is 5.50. The summed E-state index contributed by atoms with van der Waals surface area (Å²) in [5.74, 6) is -0.152. The number of piperidine rings is 1. The number of nitrogens with one attached hydrogen (secondary N) is 1. The lowest BCUT2D eigenvalue weighted by atomic mass is 9.86. The number of ether oxygens (including phenoxy) is 1. The fourth-order valence-corrected chi connectivity index (χ4v) is 2.42. The number of halogens is 1. The van der Waals surface area contributed by atoms with Crippen molar-refractivity contribution >= 4 is 28.6 Å². The lowest BCUT2D eigenvalue weighted by Crippen LogP contribution is -2.48. The van der Waals surface area contributed by atoms with E-state index < -0.39 is 9.02 Å². The Labute approximate surface area is 128 Å². The average Bonchev–Trinajstić information content (AvgIpc) is 2.40. The highest BCUT2D eigenvalue weighted by Crippen LogP contribution is 2.35. The molecule has 0 aliphatic carbocycles. The molecule has 1 unspecified atom stereocenters. The van der Waals surface area contributed by atoms with Gasteiger partial charge in [0.1, 0.15) is 9.02 Å². The van der Waals surface area contributed by atoms with E-state index in [0.29, 0.717) is 6.54 Å². The van der Waals surface area contributed by atoms with Crippen LogP contribution in [0, 0.1) is 0 Å². The summed E-state index contributed by atoms with van der Waals surface area (Å²) < 4.78 is 5.42. The summed E-state index contributed by atoms with van der Waals surface area (Å²) in [6, 6.07) is 10.1. The van der Waals surface area contributed by atoms with E-state index in [0.717, 1.165) is 24.9 Å². The maximum atomic E-state index is 12.3. The topological polar surface area (TPSA) is 38.3 Å². The molecule has 19 heavy (non-hydrogen) atoms. The first-order chi connectivity index (χ1) is 8.94. The van der Waals surface area contributed by atoms with Crippen LogP contribution in [0.15, 0.2) is 30.3 Å². The number of hydrogen-bond donors (Lipinski definition) is 1. The van der Waals surface area contributed by atoms with Gasteiger partial charge in [-0.15, -0.1) is 0 Å². The van der Waals surface area contributed by atoms with Crippen molar-refractivity contribution in [1.29, 1.82) is 0 Å². The van der Waals surface area contributed by atoms with E-state index >= 15 is 0 Å². The molecule has 0 saturated carbocycles. The number of carbonyl (C=O) groups is 1. The van der Waals surface area contributed by atoms with Gasteiger partial charge in [0.15, 0.2) is 0 Å². The van der Waals surface area contributed by atoms with Crippen LogP contribution >= 0.6 is 22.6 Å². The van der Waals surface area contributed by atoms with Gasteiger partial charge in [-0.2, -0.15) is 0 Å². The molecule has 3 nitrogen and oxygen atoms in total. The monoisotopic (exact) mass is 373 g/mol. The van der Waals surface area contributed by atoms with Gasteiger partial charge in [-0.25, -0.2) is 0 Å². The molecule has 1 saturated heterocycles. The minimum Gasteiger partial charge on any atom is -0.452 e. The number of rotatable bonds is 3. The first-order valence-corrected chi connectivity index (χ1v) is 7.71. The zero-order valence-corrected chi connectivity index (χ0v) is 13.6. The van der Waals surface area contributed by atoms with Crippen LogP contribution in [0.4, 0.5) is 0 Å². The summed E-state index contributed by atoms with van der Waals surface area (Å²) in [7, 11) is 0. The van der Waals surface area contributed by atoms with Crippen molar-refractivity contribution in [3.05, 3.63) is 35.9 Å². The molecule has 104 valence electrons. The number of hydrogen-bond acceptors (Lipinski definition) is 3. The molecule has 1 atom stereocenters. The number of carbonyl (C=O) groups excluding carboxylic acids is 1. The molecule has 2 rings (SSSR count). The van der Waals surface area contributed by atoms with Crippen molar-refractivity contribution in [2.75, 3.05) is 13.1 Å². The molecule has 1 heterocycles. The second-order valence-corrected chi connectivity index (χ2v) is 8.20. The molecule has 1 N–H and O–H groups in total. The molecule has 1 aromatic rings. The Morgan fingerprint density at radius 2 is 2.05 bits per heavy atom. The van der Waals surface area contributed by atoms with Gasteiger partial charge >= 0.3 is 5.97 Å². The average molecular weight is 373 g/mol. The molecule has 0 spiro atoms. The molecule has 0 bridgehead atoms. The molecule has 1 aliphatic heterocycles. The van der Waals surface area contributed by atoms with Crippen LogP contribution in [0.5, 0.6) is 0 Å². The van der Waals surface area contributed by atoms with Gasteiger partial charge in [0.25, 0.3) is 0 Å². The van der Waals surface area contributed by atoms with Crippen LogP contribution < -0.4 is 5.32 Å². The molecular formula is C15H20INO2. The van der Waals surface area contributed by atoms with Crippen molar-refractivity contribution in [2.24, 2.45) is 0 Å². The first kappa shape index (κ1) is 14.8. The van der Waals surface area contributed by atoms with Crippen molar-refractivity contribution < 1.29 is 9.53 Å². The number of alkyl halides is 1. The zero-order valence-electron chi connectivity index (χ0n) is 11.4. The van der Waals surface area contributed by atoms with Crippen LogP contribution in [-0.4, -0.2) is 22.5 Å². The Morgan fingerprint density at radius 1 is 1.37 bits per heavy atom. The predicted molar refractivity (Wildman–Crippen MR) is 84.4 cm³/mol. The standard InChI is InChI=1S/C15H20INO2/c1-14(2,16)13(18)19-15(9-6-10-17-11-15)12-7-4-3-5-8-12/h3-5,7-8,17H,6,9-11H2,1-2H3. The molecule has 0 amide bonds. The van der Waals surface area contributed by atoms with E-state index in [-0.39, 0.29) is 5.97 Å². The summed E-state index contributed by atoms with van der Waals surface area (Å²) in [4.78, 5) is 12.3. The second kappa shape index (κ2) is 5.79. The molecule has 0 aromatic heterocycles. The number of benzene rings is 1. The fourth-order valence-electron chi connectivity index (χ4n) is 2.31. The van der Waals surface area contributed by atoms with Gasteiger partial charge in [-0.05, 0) is 38.8 Å². The molecular weight excluding hydrogens is 353 g/mol. The highest BCUT2D eigenvalue weighted by atomic mass is 127. The Bertz CT molecular complexity index is 433. The van der Waals surface area contributed by atoms with E-state index in [4.69, 9.17) is 4.74 Å². The first-order valence-electron chi connectivity index (χ1n) is 6.63. The van der Waals surface area contributed by atoms with Crippen LogP contribution in [0.2, 0.25) is 0 Å². The van der Waals surface area contributed by atoms with Gasteiger partial charge in [0.05, 0.1) is 0 Å². The highest BCUT2D eigenvalue weighted by Gasteiger charge is 2.40. The Hall–Kier alpha value is -0.620.